The van der Waals surface area contributed by atoms with E-state index in [1.807, 2.05) is 0 Å². The summed E-state index contributed by atoms with van der Waals surface area (Å²) in [4.78, 5) is 35.9. The molecule has 0 radical (unpaired) electrons. The van der Waals surface area contributed by atoms with Crippen molar-refractivity contribution in [1.29, 1.82) is 0 Å². The van der Waals surface area contributed by atoms with Crippen molar-refractivity contribution in [2.75, 3.05) is 31.3 Å². The van der Waals surface area contributed by atoms with Gasteiger partial charge < -0.3 is 34.4 Å². The van der Waals surface area contributed by atoms with Crippen molar-refractivity contribution in [3.8, 4) is 5.75 Å². The van der Waals surface area contributed by atoms with Gasteiger partial charge in [-0.25, -0.2) is 4.79 Å². The Morgan fingerprint density at radius 2 is 1.64 bits per heavy atom. The molecule has 15 nitrogen and oxygen atoms in total. The molecule has 16 heteroatoms. The summed E-state index contributed by atoms with van der Waals surface area (Å²) < 4.78 is 37.3. The molecule has 2 aromatic rings. The molecule has 0 aliphatic rings. The average molecular weight is 640 g/mol. The van der Waals surface area contributed by atoms with Crippen LogP contribution >= 0.6 is 0 Å². The van der Waals surface area contributed by atoms with Gasteiger partial charge in [-0.3, -0.25) is 26.6 Å². The zero-order valence-electron chi connectivity index (χ0n) is 24.7. The summed E-state index contributed by atoms with van der Waals surface area (Å²) in [5, 5.41) is 22.0. The Kier molecular flexibility index (Phi) is 16.9. The lowest BCUT2D eigenvalue weighted by molar-refractivity contribution is -0.459. The topological polar surface area (TPSA) is 260 Å². The van der Waals surface area contributed by atoms with Gasteiger partial charge in [-0.1, -0.05) is 24.3 Å². The van der Waals surface area contributed by atoms with E-state index in [1.54, 1.807) is 55.5 Å². The van der Waals surface area contributed by atoms with Crippen LogP contribution < -0.4 is 36.8 Å². The number of amides is 1. The lowest BCUT2D eigenvalue weighted by atomic mass is 10.1. The van der Waals surface area contributed by atoms with Gasteiger partial charge in [0, 0.05) is 18.7 Å². The van der Waals surface area contributed by atoms with Gasteiger partial charge in [0.25, 0.3) is 0 Å². The third-order valence-electron chi connectivity index (χ3n) is 5.60. The second-order valence-electron chi connectivity index (χ2n) is 9.43. The van der Waals surface area contributed by atoms with Crippen molar-refractivity contribution in [3.63, 3.8) is 0 Å². The van der Waals surface area contributed by atoms with E-state index >= 15 is 0 Å². The second-order valence-corrected chi connectivity index (χ2v) is 11.0. The van der Waals surface area contributed by atoms with Gasteiger partial charge in [0.15, 0.2) is 0 Å². The van der Waals surface area contributed by atoms with Crippen molar-refractivity contribution in [1.82, 2.24) is 0 Å². The van der Waals surface area contributed by atoms with Crippen molar-refractivity contribution < 1.29 is 51.7 Å². The molecule has 2 aromatic carbocycles. The Morgan fingerprint density at radius 3 is 2.16 bits per heavy atom. The number of carbonyl (C=O) groups excluding carboxylic acids is 2. The number of nitrogens with one attached hydrogen (secondary N) is 2. The Labute approximate surface area is 256 Å². The van der Waals surface area contributed by atoms with Crippen LogP contribution in [0, 0.1) is 0 Å². The first kappa shape index (κ1) is 37.6. The molecule has 2 unspecified atom stereocenters. The van der Waals surface area contributed by atoms with Crippen LogP contribution in [-0.2, 0) is 42.0 Å². The number of anilines is 1. The fraction of sp³-hybridized carbons (Fsp3) is 0.429. The fourth-order valence-electron chi connectivity index (χ4n) is 3.51. The van der Waals surface area contributed by atoms with Crippen LogP contribution in [0.15, 0.2) is 48.5 Å². The molecule has 1 amide bonds. The molecule has 2 rings (SSSR count). The fourth-order valence-corrected chi connectivity index (χ4v) is 3.97. The number of guanidine groups is 1. The van der Waals surface area contributed by atoms with Crippen LogP contribution in [0.1, 0.15) is 37.3 Å². The molecule has 244 valence electrons. The molecule has 0 saturated heterocycles. The van der Waals surface area contributed by atoms with Crippen LogP contribution in [0.25, 0.3) is 0 Å². The van der Waals surface area contributed by atoms with Gasteiger partial charge in [-0.15, -0.1) is 0 Å². The van der Waals surface area contributed by atoms with Gasteiger partial charge in [-0.2, -0.15) is 8.42 Å². The smallest absolute Gasteiger partial charge is 0.411 e. The molecule has 0 aliphatic heterocycles. The second kappa shape index (κ2) is 19.7. The summed E-state index contributed by atoms with van der Waals surface area (Å²) >= 11 is 0. The Morgan fingerprint density at radius 1 is 1.02 bits per heavy atom. The molecule has 0 aromatic heterocycles. The zero-order chi connectivity index (χ0) is 33.1. The predicted octanol–water partition coefficient (Wildman–Crippen LogP) is -1.56. The maximum Gasteiger partial charge on any atom is 0.411 e. The number of nitrogens with two attached hydrogens (primary N) is 3. The molecule has 2 atom stereocenters. The summed E-state index contributed by atoms with van der Waals surface area (Å²) in [7, 11) is -3.56. The average Bonchev–Trinajstić information content (AvgIpc) is 2.94. The zero-order valence-corrected chi connectivity index (χ0v) is 25.5. The van der Waals surface area contributed by atoms with Crippen LogP contribution in [0.4, 0.5) is 10.5 Å². The van der Waals surface area contributed by atoms with E-state index in [4.69, 9.17) is 36.0 Å². The quantitative estimate of drug-likeness (QED) is 0.0496. The largest absolute Gasteiger partial charge is 0.547 e. The van der Waals surface area contributed by atoms with Gasteiger partial charge in [0.05, 0.1) is 25.4 Å². The minimum absolute atomic E-state index is 0.138. The van der Waals surface area contributed by atoms with Gasteiger partial charge in [0.2, 0.25) is 0 Å². The number of benzene rings is 2. The lowest BCUT2D eigenvalue weighted by Crippen LogP contribution is -2.78. The number of carboxylic acid groups (broad SMARTS) is 2. The number of hydrogen-bond acceptors (Lipinski definition) is 10. The third kappa shape index (κ3) is 17.5. The summed E-state index contributed by atoms with van der Waals surface area (Å²) in [6.07, 6.45) is 1.79. The minimum atomic E-state index is -3.56. The molecule has 0 bridgehead atoms. The lowest BCUT2D eigenvalue weighted by Gasteiger charge is -2.18. The van der Waals surface area contributed by atoms with Crippen LogP contribution in [0.3, 0.4) is 0 Å². The van der Waals surface area contributed by atoms with E-state index in [9.17, 15) is 27.9 Å². The van der Waals surface area contributed by atoms with Crippen molar-refractivity contribution in [2.45, 2.75) is 51.2 Å². The highest BCUT2D eigenvalue weighted by atomic mass is 32.2. The highest BCUT2D eigenvalue weighted by molar-refractivity contribution is 7.86. The van der Waals surface area contributed by atoms with E-state index in [1.165, 1.54) is 0 Å². The molecule has 44 heavy (non-hydrogen) atoms. The first-order chi connectivity index (χ1) is 20.7. The monoisotopic (exact) mass is 639 g/mol. The standard InChI is InChI=1S/C22H27NO8S.C6H14N4O2/c1-3-29-20(21(24)25)15-17-6-10-18(11-7-17)23-22(26)30-14-4-5-16-8-12-19(13-9-16)31-32(2,27)28;7-4(5(11)12)2-1-3-10-6(8)9/h6-13,20H,3-5,14-15H2,1-2H3,(H,23,26)(H,24,25);4H,1-3,7H2,(H,11,12)(H4,8,9,10). The van der Waals surface area contributed by atoms with Crippen molar-refractivity contribution >= 4 is 39.8 Å². The maximum absolute atomic E-state index is 11.9. The maximum atomic E-state index is 11.9. The Balaban J connectivity index is 0.000000681. The summed E-state index contributed by atoms with van der Waals surface area (Å²) in [5.41, 5.74) is 17.6. The van der Waals surface area contributed by atoms with Crippen LogP contribution in [0.5, 0.6) is 5.75 Å². The SMILES string of the molecule is CCOC(Cc1ccc(NC(=O)OCCCc2ccc(OS(C)(=O)=O)cc2)cc1)C(=O)[O-].NC(N)=[NH+]CCCC(N)C(=O)O. The highest BCUT2D eigenvalue weighted by Crippen LogP contribution is 2.16. The van der Waals surface area contributed by atoms with Gasteiger partial charge in [0.1, 0.15) is 17.9 Å². The minimum Gasteiger partial charge on any atom is -0.547 e. The number of carbonyl (C=O) groups is 3. The molecule has 0 aliphatic carbocycles. The van der Waals surface area contributed by atoms with E-state index < -0.39 is 40.3 Å². The summed E-state index contributed by atoms with van der Waals surface area (Å²) in [6.45, 7) is 2.73. The number of aliphatic carboxylic acids is 2. The van der Waals surface area contributed by atoms with Crippen LogP contribution in [0.2, 0.25) is 0 Å². The number of rotatable bonds is 17. The number of aryl methyl sites for hydroxylation is 1. The van der Waals surface area contributed by atoms with Gasteiger partial charge >= 0.3 is 28.1 Å². The molecule has 0 spiro atoms. The highest BCUT2D eigenvalue weighted by Gasteiger charge is 2.12. The number of hydrogen-bond donors (Lipinski definition) is 6. The molecule has 0 saturated carbocycles. The summed E-state index contributed by atoms with van der Waals surface area (Å²) in [6, 6.07) is 12.5. The summed E-state index contributed by atoms with van der Waals surface area (Å²) in [5.74, 6) is -1.87. The predicted molar refractivity (Wildman–Crippen MR) is 160 cm³/mol. The molecule has 9 N–H and O–H groups in total. The van der Waals surface area contributed by atoms with Gasteiger partial charge in [-0.05, 0) is 68.0 Å². The molecular formula is C28H41N5O10S. The van der Waals surface area contributed by atoms with Crippen molar-refractivity contribution in [2.24, 2.45) is 17.2 Å². The van der Waals surface area contributed by atoms with Crippen LogP contribution in [-0.4, -0.2) is 75.7 Å². The molecular weight excluding hydrogens is 598 g/mol. The third-order valence-corrected chi connectivity index (χ3v) is 6.10. The van der Waals surface area contributed by atoms with E-state index in [0.717, 1.165) is 17.4 Å². The number of ether oxygens (including phenoxy) is 2. The first-order valence-corrected chi connectivity index (χ1v) is 15.5. The molecule has 0 fully saturated rings. The van der Waals surface area contributed by atoms with E-state index in [2.05, 4.69) is 10.3 Å². The molecule has 0 heterocycles. The normalized spacial score (nSPS) is 12.1. The Bertz CT molecular complexity index is 1320. The van der Waals surface area contributed by atoms with Crippen molar-refractivity contribution in [3.05, 3.63) is 59.7 Å². The van der Waals surface area contributed by atoms with E-state index in [-0.39, 0.29) is 31.3 Å². The first-order valence-electron chi connectivity index (χ1n) is 13.6. The van der Waals surface area contributed by atoms with E-state index in [0.29, 0.717) is 37.9 Å². The number of carboxylic acids is 2. The Hall–Kier alpha value is -4.41.